The molecule has 1 atom stereocenters. The molecule has 0 aliphatic carbocycles. The second kappa shape index (κ2) is 16.3. The fourth-order valence-electron chi connectivity index (χ4n) is 4.13. The maximum atomic E-state index is 13.8. The van der Waals surface area contributed by atoms with Crippen LogP contribution < -0.4 is 15.4 Å². The number of nitrogens with zero attached hydrogens (tertiary/aromatic N) is 1. The number of amides is 2. The zero-order chi connectivity index (χ0) is 31.3. The third kappa shape index (κ3) is 11.9. The second-order valence-electron chi connectivity index (χ2n) is 10.9. The van der Waals surface area contributed by atoms with Gasteiger partial charge in [0.15, 0.2) is 0 Å². The van der Waals surface area contributed by atoms with E-state index in [0.717, 1.165) is 10.4 Å². The summed E-state index contributed by atoms with van der Waals surface area (Å²) in [5, 5.41) is 7.47. The van der Waals surface area contributed by atoms with Crippen molar-refractivity contribution in [2.75, 3.05) is 20.3 Å². The van der Waals surface area contributed by atoms with E-state index in [0.29, 0.717) is 31.6 Å². The number of carbonyl (C=O) groups is 2. The summed E-state index contributed by atoms with van der Waals surface area (Å²) in [4.78, 5) is 25.8. The van der Waals surface area contributed by atoms with E-state index < -0.39 is 33.9 Å². The summed E-state index contributed by atoms with van der Waals surface area (Å²) in [5.74, 6) is 0.546. The van der Waals surface area contributed by atoms with Crippen LogP contribution in [0.2, 0.25) is 0 Å². The van der Waals surface area contributed by atoms with Crippen molar-refractivity contribution in [1.29, 1.82) is 0 Å². The van der Waals surface area contributed by atoms with Gasteiger partial charge in [0, 0.05) is 30.6 Å². The molecule has 0 spiro atoms. The van der Waals surface area contributed by atoms with Crippen LogP contribution in [0.1, 0.15) is 50.5 Å². The number of methoxy groups -OCH3 is 1. The second-order valence-corrected chi connectivity index (χ2v) is 13.8. The molecule has 0 unspecified atom stereocenters. The molecule has 2 aromatic carbocycles. The number of carbonyl (C=O) groups excluding carboxylic acids is 2. The molecule has 0 aliphatic heterocycles. The van der Waals surface area contributed by atoms with Gasteiger partial charge in [-0.25, -0.2) is 18.0 Å². The van der Waals surface area contributed by atoms with E-state index in [1.807, 2.05) is 47.8 Å². The summed E-state index contributed by atoms with van der Waals surface area (Å²) in [5.41, 5.74) is 0.244. The van der Waals surface area contributed by atoms with Crippen LogP contribution in [0.5, 0.6) is 5.75 Å². The minimum Gasteiger partial charge on any atom is -0.497 e. The Balaban J connectivity index is 1.66. The lowest BCUT2D eigenvalue weighted by Gasteiger charge is -2.29. The highest BCUT2D eigenvalue weighted by Gasteiger charge is 2.29. The van der Waals surface area contributed by atoms with Gasteiger partial charge in [-0.1, -0.05) is 36.4 Å². The number of benzene rings is 2. The molecule has 43 heavy (non-hydrogen) atoms. The predicted octanol–water partition coefficient (Wildman–Crippen LogP) is 5.94. The fraction of sp³-hybridized carbons (Fsp3) is 0.419. The Morgan fingerprint density at radius 2 is 1.67 bits per heavy atom. The van der Waals surface area contributed by atoms with Gasteiger partial charge in [-0.2, -0.15) is 4.31 Å². The molecule has 234 valence electrons. The quantitative estimate of drug-likeness (QED) is 0.199. The molecule has 0 radical (unpaired) electrons. The first-order valence-corrected chi connectivity index (χ1v) is 16.4. The minimum absolute atomic E-state index is 0.0178. The third-order valence-corrected chi connectivity index (χ3v) is 8.90. The Hall–Kier alpha value is -3.61. The number of hydrogen-bond acceptors (Lipinski definition) is 8. The van der Waals surface area contributed by atoms with Crippen molar-refractivity contribution < 1.29 is 32.2 Å². The Bertz CT molecular complexity index is 1370. The smallest absolute Gasteiger partial charge is 0.407 e. The number of unbranched alkanes of at least 4 members (excludes halogenated alkanes) is 1. The van der Waals surface area contributed by atoms with E-state index in [1.54, 1.807) is 32.9 Å². The molecular weight excluding hydrogens is 590 g/mol. The van der Waals surface area contributed by atoms with Gasteiger partial charge < -0.3 is 24.8 Å². The van der Waals surface area contributed by atoms with Gasteiger partial charge in [0.05, 0.1) is 18.6 Å². The number of alkyl carbamates (subject to hydrolysis) is 2. The first-order chi connectivity index (χ1) is 20.5. The molecule has 2 amide bonds. The van der Waals surface area contributed by atoms with Gasteiger partial charge in [0.2, 0.25) is 10.0 Å². The van der Waals surface area contributed by atoms with Gasteiger partial charge in [0.25, 0.3) is 0 Å². The molecule has 3 rings (SSSR count). The van der Waals surface area contributed by atoms with Gasteiger partial charge in [-0.3, -0.25) is 0 Å². The van der Waals surface area contributed by atoms with Crippen LogP contribution in [0.3, 0.4) is 0 Å². The molecular formula is C31H41N3O7S2. The van der Waals surface area contributed by atoms with Gasteiger partial charge in [-0.05, 0) is 81.3 Å². The highest BCUT2D eigenvalue weighted by atomic mass is 32.2. The van der Waals surface area contributed by atoms with Crippen LogP contribution in [-0.2, 0) is 32.6 Å². The molecule has 2 N–H and O–H groups in total. The monoisotopic (exact) mass is 631 g/mol. The molecule has 1 aromatic heterocycles. The van der Waals surface area contributed by atoms with Crippen LogP contribution >= 0.6 is 11.3 Å². The summed E-state index contributed by atoms with van der Waals surface area (Å²) < 4.78 is 44.9. The molecule has 0 aliphatic rings. The minimum atomic E-state index is -3.93. The number of ether oxygens (including phenoxy) is 3. The van der Waals surface area contributed by atoms with Crippen molar-refractivity contribution in [3.8, 4) is 5.75 Å². The lowest BCUT2D eigenvalue weighted by molar-refractivity contribution is 0.0494. The zero-order valence-electron chi connectivity index (χ0n) is 25.1. The Morgan fingerprint density at radius 1 is 0.953 bits per heavy atom. The van der Waals surface area contributed by atoms with Crippen molar-refractivity contribution in [1.82, 2.24) is 14.9 Å². The average molecular weight is 632 g/mol. The molecule has 0 saturated heterocycles. The Kier molecular flexibility index (Phi) is 12.8. The van der Waals surface area contributed by atoms with Crippen molar-refractivity contribution in [2.24, 2.45) is 0 Å². The predicted molar refractivity (Wildman–Crippen MR) is 167 cm³/mol. The van der Waals surface area contributed by atoms with E-state index in [1.165, 1.54) is 34.9 Å². The summed E-state index contributed by atoms with van der Waals surface area (Å²) >= 11 is 1.45. The number of nitrogens with one attached hydrogen (secondary N) is 2. The van der Waals surface area contributed by atoms with Gasteiger partial charge in [-0.15, -0.1) is 11.3 Å². The van der Waals surface area contributed by atoms with Crippen LogP contribution in [0.25, 0.3) is 0 Å². The van der Waals surface area contributed by atoms with E-state index in [4.69, 9.17) is 14.2 Å². The molecule has 12 heteroatoms. The summed E-state index contributed by atoms with van der Waals surface area (Å²) in [6.07, 6.45) is 0.392. The van der Waals surface area contributed by atoms with Crippen molar-refractivity contribution in [3.05, 3.63) is 82.6 Å². The van der Waals surface area contributed by atoms with E-state index >= 15 is 0 Å². The third-order valence-electron chi connectivity index (χ3n) is 6.21. The molecule has 0 saturated carbocycles. The molecule has 0 fully saturated rings. The molecule has 10 nitrogen and oxygen atoms in total. The summed E-state index contributed by atoms with van der Waals surface area (Å²) in [6.45, 7) is 6.00. The topological polar surface area (TPSA) is 123 Å². The average Bonchev–Trinajstić information content (AvgIpc) is 3.48. The number of rotatable bonds is 15. The first kappa shape index (κ1) is 33.9. The van der Waals surface area contributed by atoms with Gasteiger partial charge in [0.1, 0.15) is 11.4 Å². The molecule has 3 aromatic rings. The van der Waals surface area contributed by atoms with Gasteiger partial charge >= 0.3 is 12.2 Å². The fourth-order valence-corrected chi connectivity index (χ4v) is 6.39. The highest BCUT2D eigenvalue weighted by molar-refractivity contribution is 7.89. The Labute approximate surface area is 258 Å². The zero-order valence-corrected chi connectivity index (χ0v) is 26.7. The van der Waals surface area contributed by atoms with Crippen LogP contribution in [0.4, 0.5) is 9.59 Å². The summed E-state index contributed by atoms with van der Waals surface area (Å²) in [6, 6.07) is 18.9. The highest BCUT2D eigenvalue weighted by Crippen LogP contribution is 2.24. The van der Waals surface area contributed by atoms with Crippen LogP contribution in [0, 0.1) is 0 Å². The standard InChI is InChI=1S/C31H41N3O7S2/c1-31(2,3)41-30(36)33-25(13-8-9-19-40-29(35)32-21-24-11-6-5-7-12-24)22-34(23-27-14-10-20-42-27)43(37,38)28-17-15-26(39-4)16-18-28/h5-7,10-12,14-18,20,25H,8-9,13,19,21-23H2,1-4H3,(H,32,35)(H,33,36)/t25-/m0/s1. The van der Waals surface area contributed by atoms with E-state index in [2.05, 4.69) is 10.6 Å². The number of thiophene rings is 1. The lowest BCUT2D eigenvalue weighted by Crippen LogP contribution is -2.47. The van der Waals surface area contributed by atoms with E-state index in [-0.39, 0.29) is 24.6 Å². The maximum absolute atomic E-state index is 13.8. The maximum Gasteiger partial charge on any atom is 0.407 e. The number of hydrogen-bond donors (Lipinski definition) is 2. The summed E-state index contributed by atoms with van der Waals surface area (Å²) in [7, 11) is -2.41. The lowest BCUT2D eigenvalue weighted by atomic mass is 10.1. The SMILES string of the molecule is COc1ccc(S(=O)(=O)N(Cc2cccs2)C[C@H](CCCCOC(=O)NCc2ccccc2)NC(=O)OC(C)(C)C)cc1. The number of sulfonamides is 1. The van der Waals surface area contributed by atoms with Crippen molar-refractivity contribution in [2.45, 2.75) is 69.7 Å². The largest absolute Gasteiger partial charge is 0.497 e. The van der Waals surface area contributed by atoms with E-state index in [9.17, 15) is 18.0 Å². The van der Waals surface area contributed by atoms with Crippen molar-refractivity contribution in [3.63, 3.8) is 0 Å². The van der Waals surface area contributed by atoms with Crippen molar-refractivity contribution >= 4 is 33.5 Å². The molecule has 1 heterocycles. The van der Waals surface area contributed by atoms with Crippen LogP contribution in [0.15, 0.2) is 77.0 Å². The Morgan fingerprint density at radius 3 is 2.30 bits per heavy atom. The normalized spacial score (nSPS) is 12.4. The van der Waals surface area contributed by atoms with Crippen LogP contribution in [-0.4, -0.2) is 56.8 Å². The molecule has 0 bridgehead atoms. The first-order valence-electron chi connectivity index (χ1n) is 14.1.